The van der Waals surface area contributed by atoms with Crippen LogP contribution in [0.1, 0.15) is 6.92 Å². The number of rotatable bonds is 0. The van der Waals surface area contributed by atoms with Crippen molar-refractivity contribution in [2.75, 3.05) is 6.61 Å². The van der Waals surface area contributed by atoms with E-state index in [4.69, 9.17) is 17.3 Å². The molecule has 0 radical (unpaired) electrons. The summed E-state index contributed by atoms with van der Waals surface area (Å²) in [6.07, 6.45) is 3.62. The molecule has 56 valence electrons. The van der Waals surface area contributed by atoms with Gasteiger partial charge in [0.05, 0.1) is 0 Å². The Kier molecular flexibility index (Phi) is 6.02. The molecule has 0 spiro atoms. The van der Waals surface area contributed by atoms with Crippen molar-refractivity contribution in [2.24, 2.45) is 0 Å². The van der Waals surface area contributed by atoms with Crippen LogP contribution in [0.3, 0.4) is 0 Å². The predicted octanol–water partition coefficient (Wildman–Crippen LogP) is 1.74. The number of hydrogen-bond donors (Lipinski definition) is 2. The summed E-state index contributed by atoms with van der Waals surface area (Å²) in [7, 11) is 0. The van der Waals surface area contributed by atoms with Crippen molar-refractivity contribution < 1.29 is 5.11 Å². The Bertz CT molecular complexity index is 191. The van der Waals surface area contributed by atoms with E-state index in [9.17, 15) is 0 Å². The van der Waals surface area contributed by atoms with Crippen LogP contribution in [0, 0.1) is 4.51 Å². The van der Waals surface area contributed by atoms with E-state index in [1.165, 1.54) is 0 Å². The number of aromatic nitrogens is 1. The number of pyridine rings is 1. The zero-order chi connectivity index (χ0) is 7.82. The Morgan fingerprint density at radius 1 is 1.50 bits per heavy atom. The van der Waals surface area contributed by atoms with E-state index >= 15 is 0 Å². The van der Waals surface area contributed by atoms with E-state index in [2.05, 4.69) is 4.98 Å². The quantitative estimate of drug-likeness (QED) is 0.563. The zero-order valence-corrected chi connectivity index (χ0v) is 6.69. The van der Waals surface area contributed by atoms with Crippen molar-refractivity contribution in [2.45, 2.75) is 6.92 Å². The van der Waals surface area contributed by atoms with E-state index < -0.39 is 0 Å². The van der Waals surface area contributed by atoms with Gasteiger partial charge in [0.2, 0.25) is 0 Å². The Morgan fingerprint density at radius 3 is 2.10 bits per heavy atom. The summed E-state index contributed by atoms with van der Waals surface area (Å²) in [5.74, 6) is 0. The lowest BCUT2D eigenvalue weighted by atomic mass is 10.5. The number of nitrogens with one attached hydrogen (secondary N) is 1. The largest absolute Gasteiger partial charge is 0.397 e. The fourth-order valence-corrected chi connectivity index (χ4v) is 0.508. The highest BCUT2D eigenvalue weighted by Crippen LogP contribution is 1.82. The molecule has 0 atom stereocenters. The Balaban J connectivity index is 0.000000236. The van der Waals surface area contributed by atoms with Gasteiger partial charge in [0, 0.05) is 23.5 Å². The van der Waals surface area contributed by atoms with Crippen molar-refractivity contribution in [3.05, 3.63) is 29.0 Å². The molecule has 0 aliphatic heterocycles. The Hall–Kier alpha value is -0.670. The number of H-pyrrole nitrogens is 1. The van der Waals surface area contributed by atoms with Gasteiger partial charge in [-0.05, 0) is 19.1 Å². The molecule has 0 amide bonds. The van der Waals surface area contributed by atoms with Crippen molar-refractivity contribution in [3.8, 4) is 0 Å². The van der Waals surface area contributed by atoms with Gasteiger partial charge in [-0.2, -0.15) is 0 Å². The first-order valence-electron chi connectivity index (χ1n) is 3.05. The minimum atomic E-state index is 0.250. The second-order valence-corrected chi connectivity index (χ2v) is 2.02. The maximum absolute atomic E-state index is 7.57. The monoisotopic (exact) mass is 157 g/mol. The van der Waals surface area contributed by atoms with Gasteiger partial charge in [0.25, 0.3) is 0 Å². The van der Waals surface area contributed by atoms with E-state index in [0.717, 1.165) is 4.51 Å². The number of hydrogen-bond acceptors (Lipinski definition) is 2. The smallest absolute Gasteiger partial charge is 0.0406 e. The molecule has 2 nitrogen and oxygen atoms in total. The first-order chi connectivity index (χ1) is 4.81. The lowest BCUT2D eigenvalue weighted by Crippen LogP contribution is -1.62. The van der Waals surface area contributed by atoms with Gasteiger partial charge in [-0.25, -0.2) is 0 Å². The van der Waals surface area contributed by atoms with Crippen LogP contribution in [-0.4, -0.2) is 16.7 Å². The molecule has 1 aromatic heterocycles. The first kappa shape index (κ1) is 9.33. The molecule has 0 aliphatic carbocycles. The van der Waals surface area contributed by atoms with Gasteiger partial charge in [0.15, 0.2) is 0 Å². The van der Waals surface area contributed by atoms with Crippen molar-refractivity contribution in [3.63, 3.8) is 0 Å². The van der Waals surface area contributed by atoms with Crippen LogP contribution in [0.2, 0.25) is 0 Å². The molecular weight excluding hydrogens is 146 g/mol. The summed E-state index contributed by atoms with van der Waals surface area (Å²) in [6, 6.07) is 3.69. The first-order valence-corrected chi connectivity index (χ1v) is 3.46. The van der Waals surface area contributed by atoms with Crippen LogP contribution in [0.15, 0.2) is 24.5 Å². The summed E-state index contributed by atoms with van der Waals surface area (Å²) in [5.41, 5.74) is 0. The maximum atomic E-state index is 7.57. The average Bonchev–Trinajstić information content (AvgIpc) is 1.91. The fourth-order valence-electron chi connectivity index (χ4n) is 0.372. The molecule has 1 heterocycles. The standard InChI is InChI=1S/C5H5NS.C2H6O/c7-5-1-3-6-4-2-5;1-2-3/h1-4H,(H,6,7);3H,2H2,1H3. The molecule has 0 saturated heterocycles. The van der Waals surface area contributed by atoms with Gasteiger partial charge in [-0.15, -0.1) is 0 Å². The summed E-state index contributed by atoms with van der Waals surface area (Å²) < 4.78 is 0.874. The molecular formula is C7H11NOS. The van der Waals surface area contributed by atoms with Crippen LogP contribution in [0.25, 0.3) is 0 Å². The molecule has 10 heavy (non-hydrogen) atoms. The van der Waals surface area contributed by atoms with Crippen LogP contribution in [0.5, 0.6) is 0 Å². The van der Waals surface area contributed by atoms with Crippen LogP contribution in [0.4, 0.5) is 0 Å². The lowest BCUT2D eigenvalue weighted by Gasteiger charge is -1.75. The number of aliphatic hydroxyl groups is 1. The SMILES string of the molecule is CCO.S=c1cc[nH]cc1. The highest BCUT2D eigenvalue weighted by Gasteiger charge is 1.66. The van der Waals surface area contributed by atoms with Gasteiger partial charge in [-0.3, -0.25) is 0 Å². The second-order valence-electron chi connectivity index (χ2n) is 1.55. The van der Waals surface area contributed by atoms with E-state index in [-0.39, 0.29) is 6.61 Å². The van der Waals surface area contributed by atoms with Crippen molar-refractivity contribution in [1.29, 1.82) is 0 Å². The number of aromatic amines is 1. The van der Waals surface area contributed by atoms with E-state index in [1.54, 1.807) is 6.92 Å². The molecule has 0 aliphatic rings. The van der Waals surface area contributed by atoms with Gasteiger partial charge in [-0.1, -0.05) is 12.2 Å². The third-order valence-electron chi connectivity index (χ3n) is 0.688. The molecule has 0 saturated carbocycles. The van der Waals surface area contributed by atoms with Crippen LogP contribution < -0.4 is 0 Å². The third-order valence-corrected chi connectivity index (χ3v) is 0.960. The number of aliphatic hydroxyl groups excluding tert-OH is 1. The van der Waals surface area contributed by atoms with Crippen LogP contribution >= 0.6 is 12.2 Å². The molecule has 1 rings (SSSR count). The average molecular weight is 157 g/mol. The van der Waals surface area contributed by atoms with Gasteiger partial charge in [0.1, 0.15) is 0 Å². The molecule has 0 unspecified atom stereocenters. The van der Waals surface area contributed by atoms with Crippen molar-refractivity contribution >= 4 is 12.2 Å². The molecule has 2 N–H and O–H groups in total. The fraction of sp³-hybridized carbons (Fsp3) is 0.286. The Labute approximate surface area is 65.5 Å². The summed E-state index contributed by atoms with van der Waals surface area (Å²) in [5, 5.41) is 7.57. The normalized spacial score (nSPS) is 7.80. The van der Waals surface area contributed by atoms with Crippen LogP contribution in [-0.2, 0) is 0 Å². The zero-order valence-electron chi connectivity index (χ0n) is 5.87. The second kappa shape index (κ2) is 6.45. The van der Waals surface area contributed by atoms with Gasteiger partial charge >= 0.3 is 0 Å². The summed E-state index contributed by atoms with van der Waals surface area (Å²) in [4.78, 5) is 2.87. The maximum Gasteiger partial charge on any atom is 0.0406 e. The van der Waals surface area contributed by atoms with E-state index in [1.807, 2.05) is 24.5 Å². The molecule has 3 heteroatoms. The molecule has 0 aromatic carbocycles. The third kappa shape index (κ3) is 5.47. The Morgan fingerprint density at radius 2 is 1.90 bits per heavy atom. The minimum absolute atomic E-state index is 0.250. The molecule has 0 fully saturated rings. The lowest BCUT2D eigenvalue weighted by molar-refractivity contribution is 0.318. The highest BCUT2D eigenvalue weighted by atomic mass is 32.1. The molecule has 1 aromatic rings. The topological polar surface area (TPSA) is 36.0 Å². The van der Waals surface area contributed by atoms with Gasteiger partial charge < -0.3 is 10.1 Å². The highest BCUT2D eigenvalue weighted by molar-refractivity contribution is 7.71. The van der Waals surface area contributed by atoms with E-state index in [0.29, 0.717) is 0 Å². The molecule has 0 bridgehead atoms. The predicted molar refractivity (Wildman–Crippen MR) is 44.4 cm³/mol. The van der Waals surface area contributed by atoms with Crippen molar-refractivity contribution in [1.82, 2.24) is 4.98 Å². The summed E-state index contributed by atoms with van der Waals surface area (Å²) >= 11 is 4.79. The minimum Gasteiger partial charge on any atom is -0.397 e. The summed E-state index contributed by atoms with van der Waals surface area (Å²) in [6.45, 7) is 1.93.